The molecule has 0 fully saturated rings. The molecule has 0 radical (unpaired) electrons. The molecule has 1 amide bonds. The Labute approximate surface area is 156 Å². The molecule has 0 aliphatic carbocycles. The quantitative estimate of drug-likeness (QED) is 0.649. The zero-order valence-electron chi connectivity index (χ0n) is 15.0. The van der Waals surface area contributed by atoms with Crippen LogP contribution in [0.3, 0.4) is 0 Å². The van der Waals surface area contributed by atoms with E-state index in [2.05, 4.69) is 15.4 Å². The van der Waals surface area contributed by atoms with Crippen LogP contribution in [0, 0.1) is 0 Å². The van der Waals surface area contributed by atoms with Crippen LogP contribution in [-0.4, -0.2) is 37.9 Å². The van der Waals surface area contributed by atoms with Crippen LogP contribution in [0.15, 0.2) is 66.0 Å². The predicted octanol–water partition coefficient (Wildman–Crippen LogP) is 1.34. The van der Waals surface area contributed by atoms with Crippen molar-refractivity contribution in [2.45, 2.75) is 26.1 Å². The summed E-state index contributed by atoms with van der Waals surface area (Å²) in [6, 6.07) is 12.0. The highest BCUT2D eigenvalue weighted by Gasteiger charge is 2.13. The Morgan fingerprint density at radius 2 is 2.04 bits per heavy atom. The fourth-order valence-corrected chi connectivity index (χ4v) is 2.55. The third-order valence-corrected chi connectivity index (χ3v) is 3.84. The lowest BCUT2D eigenvalue weighted by molar-refractivity contribution is 0.0928. The van der Waals surface area contributed by atoms with Crippen LogP contribution in [0.25, 0.3) is 0 Å². The van der Waals surface area contributed by atoms with Crippen molar-refractivity contribution in [2.24, 2.45) is 0 Å². The molecule has 0 unspecified atom stereocenters. The van der Waals surface area contributed by atoms with Crippen LogP contribution in [0.5, 0.6) is 5.75 Å². The second-order valence-electron chi connectivity index (χ2n) is 6.08. The highest BCUT2D eigenvalue weighted by Crippen LogP contribution is 2.07. The van der Waals surface area contributed by atoms with Gasteiger partial charge in [0.25, 0.3) is 11.5 Å². The number of nitrogens with zero attached hydrogens (tertiary/aromatic N) is 4. The van der Waals surface area contributed by atoms with E-state index in [1.165, 1.54) is 16.8 Å². The summed E-state index contributed by atoms with van der Waals surface area (Å²) >= 11 is 0. The van der Waals surface area contributed by atoms with E-state index in [0.29, 0.717) is 12.3 Å². The second-order valence-corrected chi connectivity index (χ2v) is 6.08. The number of hydrogen-bond donors (Lipinski definition) is 1. The molecule has 0 bridgehead atoms. The third-order valence-electron chi connectivity index (χ3n) is 3.84. The number of para-hydroxylation sites is 1. The SMILES string of the molecule is C[C@@H](Cn1ccnc1)NC(=O)c1ccc(=O)n(CCOc2ccccc2)n1. The molecule has 0 saturated heterocycles. The second kappa shape index (κ2) is 8.79. The maximum atomic E-state index is 12.4. The van der Waals surface area contributed by atoms with E-state index in [9.17, 15) is 9.59 Å². The van der Waals surface area contributed by atoms with E-state index in [4.69, 9.17) is 4.74 Å². The highest BCUT2D eigenvalue weighted by molar-refractivity contribution is 5.92. The van der Waals surface area contributed by atoms with Gasteiger partial charge in [0.2, 0.25) is 0 Å². The first kappa shape index (κ1) is 18.4. The van der Waals surface area contributed by atoms with Crippen LogP contribution >= 0.6 is 0 Å². The summed E-state index contributed by atoms with van der Waals surface area (Å²) in [5.74, 6) is 0.383. The van der Waals surface area contributed by atoms with Gasteiger partial charge in [-0.15, -0.1) is 0 Å². The van der Waals surface area contributed by atoms with E-state index < -0.39 is 0 Å². The molecular weight excluding hydrogens is 346 g/mol. The molecule has 8 heteroatoms. The minimum Gasteiger partial charge on any atom is -0.492 e. The van der Waals surface area contributed by atoms with Crippen molar-refractivity contribution in [3.8, 4) is 5.75 Å². The van der Waals surface area contributed by atoms with E-state index >= 15 is 0 Å². The van der Waals surface area contributed by atoms with Crippen LogP contribution in [-0.2, 0) is 13.1 Å². The van der Waals surface area contributed by atoms with Crippen molar-refractivity contribution in [2.75, 3.05) is 6.61 Å². The van der Waals surface area contributed by atoms with Gasteiger partial charge in [-0.25, -0.2) is 9.67 Å². The lowest BCUT2D eigenvalue weighted by Gasteiger charge is -2.14. The number of carbonyl (C=O) groups is 1. The van der Waals surface area contributed by atoms with Gasteiger partial charge in [-0.1, -0.05) is 18.2 Å². The summed E-state index contributed by atoms with van der Waals surface area (Å²) < 4.78 is 8.69. The topological polar surface area (TPSA) is 91.0 Å². The average molecular weight is 367 g/mol. The summed E-state index contributed by atoms with van der Waals surface area (Å²) in [6.45, 7) is 3.01. The van der Waals surface area contributed by atoms with Crippen molar-refractivity contribution in [3.05, 3.63) is 77.2 Å². The van der Waals surface area contributed by atoms with Crippen molar-refractivity contribution in [1.82, 2.24) is 24.6 Å². The molecule has 1 atom stereocenters. The third kappa shape index (κ3) is 5.27. The summed E-state index contributed by atoms with van der Waals surface area (Å²) in [5, 5.41) is 7.01. The predicted molar refractivity (Wildman–Crippen MR) is 99.6 cm³/mol. The molecule has 140 valence electrons. The molecule has 0 aliphatic heterocycles. The molecule has 2 heterocycles. The monoisotopic (exact) mass is 367 g/mol. The number of imidazole rings is 1. The molecular formula is C19H21N5O3. The molecule has 1 N–H and O–H groups in total. The van der Waals surface area contributed by atoms with Gasteiger partial charge in [0.1, 0.15) is 18.1 Å². The molecule has 3 aromatic rings. The largest absolute Gasteiger partial charge is 0.492 e. The first-order valence-electron chi connectivity index (χ1n) is 8.64. The summed E-state index contributed by atoms with van der Waals surface area (Å²) in [4.78, 5) is 28.3. The van der Waals surface area contributed by atoms with E-state index in [-0.39, 0.29) is 36.4 Å². The summed E-state index contributed by atoms with van der Waals surface area (Å²) in [5.41, 5.74) is -0.0959. The molecule has 1 aromatic carbocycles. The molecule has 27 heavy (non-hydrogen) atoms. The standard InChI is InChI=1S/C19H21N5O3/c1-15(13-23-10-9-20-14-23)21-19(26)17-7-8-18(25)24(22-17)11-12-27-16-5-3-2-4-6-16/h2-10,14-15H,11-13H2,1H3,(H,21,26)/t15-/m0/s1. The van der Waals surface area contributed by atoms with Gasteiger partial charge in [-0.2, -0.15) is 5.10 Å². The zero-order valence-corrected chi connectivity index (χ0v) is 15.0. The van der Waals surface area contributed by atoms with Gasteiger partial charge in [0, 0.05) is 31.0 Å². The molecule has 0 spiro atoms. The Bertz CT molecular complexity index is 922. The smallest absolute Gasteiger partial charge is 0.271 e. The fraction of sp³-hybridized carbons (Fsp3) is 0.263. The van der Waals surface area contributed by atoms with Gasteiger partial charge in [0.05, 0.1) is 12.9 Å². The van der Waals surface area contributed by atoms with Crippen molar-refractivity contribution < 1.29 is 9.53 Å². The van der Waals surface area contributed by atoms with Crippen molar-refractivity contribution >= 4 is 5.91 Å². The van der Waals surface area contributed by atoms with Crippen molar-refractivity contribution in [3.63, 3.8) is 0 Å². The number of nitrogens with one attached hydrogen (secondary N) is 1. The molecule has 0 aliphatic rings. The van der Waals surface area contributed by atoms with Crippen LogP contribution in [0.4, 0.5) is 0 Å². The number of carbonyl (C=O) groups excluding carboxylic acids is 1. The van der Waals surface area contributed by atoms with Crippen LogP contribution < -0.4 is 15.6 Å². The molecule has 0 saturated carbocycles. The number of benzene rings is 1. The maximum Gasteiger partial charge on any atom is 0.271 e. The summed E-state index contributed by atoms with van der Waals surface area (Å²) in [6.07, 6.45) is 5.20. The number of amides is 1. The van der Waals surface area contributed by atoms with E-state index in [1.54, 1.807) is 12.5 Å². The van der Waals surface area contributed by atoms with Crippen LogP contribution in [0.1, 0.15) is 17.4 Å². The van der Waals surface area contributed by atoms with Crippen molar-refractivity contribution in [1.29, 1.82) is 0 Å². The first-order chi connectivity index (χ1) is 13.1. The molecule has 2 aromatic heterocycles. The highest BCUT2D eigenvalue weighted by atomic mass is 16.5. The van der Waals surface area contributed by atoms with Gasteiger partial charge in [-0.3, -0.25) is 9.59 Å². The fourth-order valence-electron chi connectivity index (χ4n) is 2.55. The van der Waals surface area contributed by atoms with Gasteiger partial charge < -0.3 is 14.6 Å². The van der Waals surface area contributed by atoms with Gasteiger partial charge in [0.15, 0.2) is 0 Å². The van der Waals surface area contributed by atoms with Gasteiger partial charge in [-0.05, 0) is 25.1 Å². The summed E-state index contributed by atoms with van der Waals surface area (Å²) in [7, 11) is 0. The van der Waals surface area contributed by atoms with Gasteiger partial charge >= 0.3 is 0 Å². The Kier molecular flexibility index (Phi) is 5.98. The Hall–Kier alpha value is -3.42. The van der Waals surface area contributed by atoms with E-state index in [0.717, 1.165) is 0 Å². The molecule has 3 rings (SSSR count). The number of ether oxygens (including phenoxy) is 1. The molecule has 8 nitrogen and oxygen atoms in total. The zero-order chi connectivity index (χ0) is 19.1. The Morgan fingerprint density at radius 3 is 2.78 bits per heavy atom. The lowest BCUT2D eigenvalue weighted by atomic mass is 10.3. The average Bonchev–Trinajstić information content (AvgIpc) is 3.17. The van der Waals surface area contributed by atoms with E-state index in [1.807, 2.05) is 48.0 Å². The minimum absolute atomic E-state index is 0.115. The minimum atomic E-state index is -0.333. The number of hydrogen-bond acceptors (Lipinski definition) is 5. The lowest BCUT2D eigenvalue weighted by Crippen LogP contribution is -2.37. The number of aromatic nitrogens is 4. The Morgan fingerprint density at radius 1 is 1.22 bits per heavy atom. The normalized spacial score (nSPS) is 11.7. The number of rotatable bonds is 8. The Balaban J connectivity index is 1.58. The van der Waals surface area contributed by atoms with Crippen LogP contribution in [0.2, 0.25) is 0 Å². The first-order valence-corrected chi connectivity index (χ1v) is 8.64. The maximum absolute atomic E-state index is 12.4.